The summed E-state index contributed by atoms with van der Waals surface area (Å²) in [5.41, 5.74) is 0. The average molecular weight is 256 g/mol. The van der Waals surface area contributed by atoms with E-state index in [1.165, 1.54) is 6.42 Å². The summed E-state index contributed by atoms with van der Waals surface area (Å²) in [4.78, 5) is 11.8. The summed E-state index contributed by atoms with van der Waals surface area (Å²) >= 11 is 0. The van der Waals surface area contributed by atoms with Crippen LogP contribution in [0.15, 0.2) is 0 Å². The van der Waals surface area contributed by atoms with Crippen molar-refractivity contribution in [3.63, 3.8) is 0 Å². The number of hydrogen-bond acceptors (Lipinski definition) is 3. The molecule has 1 saturated heterocycles. The Morgan fingerprint density at radius 2 is 2.00 bits per heavy atom. The first-order chi connectivity index (χ1) is 8.61. The lowest BCUT2D eigenvalue weighted by Gasteiger charge is -2.24. The number of hydrogen-bond donors (Lipinski definition) is 2. The van der Waals surface area contributed by atoms with Crippen LogP contribution in [0.3, 0.4) is 0 Å². The lowest BCUT2D eigenvalue weighted by Crippen LogP contribution is -2.44. The van der Waals surface area contributed by atoms with E-state index in [2.05, 4.69) is 31.4 Å². The molecule has 4 nitrogen and oxygen atoms in total. The predicted octanol–water partition coefficient (Wildman–Crippen LogP) is 1.70. The Morgan fingerprint density at radius 1 is 1.33 bits per heavy atom. The summed E-state index contributed by atoms with van der Waals surface area (Å²) in [5, 5.41) is 6.35. The molecule has 1 heterocycles. The van der Waals surface area contributed by atoms with Crippen molar-refractivity contribution in [2.75, 3.05) is 19.8 Å². The number of amides is 1. The molecule has 1 fully saturated rings. The van der Waals surface area contributed by atoms with Gasteiger partial charge < -0.3 is 15.4 Å². The van der Waals surface area contributed by atoms with Gasteiger partial charge in [-0.2, -0.15) is 0 Å². The zero-order chi connectivity index (χ0) is 13.4. The van der Waals surface area contributed by atoms with Crippen LogP contribution in [0, 0.1) is 5.92 Å². The van der Waals surface area contributed by atoms with Gasteiger partial charge in [0.1, 0.15) is 0 Å². The molecule has 0 saturated carbocycles. The largest absolute Gasteiger partial charge is 0.381 e. The Hall–Kier alpha value is -0.610. The van der Waals surface area contributed by atoms with Gasteiger partial charge in [0.05, 0.1) is 6.54 Å². The molecule has 106 valence electrons. The topological polar surface area (TPSA) is 50.4 Å². The third-order valence-electron chi connectivity index (χ3n) is 3.65. The lowest BCUT2D eigenvalue weighted by molar-refractivity contribution is -0.121. The molecule has 0 spiro atoms. The molecule has 2 atom stereocenters. The summed E-state index contributed by atoms with van der Waals surface area (Å²) < 4.78 is 5.27. The van der Waals surface area contributed by atoms with Gasteiger partial charge in [0.15, 0.2) is 0 Å². The van der Waals surface area contributed by atoms with Crippen molar-refractivity contribution in [2.24, 2.45) is 5.92 Å². The fourth-order valence-corrected chi connectivity index (χ4v) is 2.24. The maximum absolute atomic E-state index is 11.8. The first kappa shape index (κ1) is 15.4. The van der Waals surface area contributed by atoms with E-state index in [9.17, 15) is 4.79 Å². The van der Waals surface area contributed by atoms with Crippen LogP contribution in [0.4, 0.5) is 0 Å². The standard InChI is InChI=1S/C14H28N2O2/c1-4-11(2)9-12(3)15-10-14(17)16-13-5-7-18-8-6-13/h11-13,15H,4-10H2,1-3H3,(H,16,17). The van der Waals surface area contributed by atoms with Gasteiger partial charge >= 0.3 is 0 Å². The highest BCUT2D eigenvalue weighted by Crippen LogP contribution is 2.09. The third-order valence-corrected chi connectivity index (χ3v) is 3.65. The Balaban J connectivity index is 2.12. The molecule has 0 aromatic carbocycles. The van der Waals surface area contributed by atoms with Crippen molar-refractivity contribution in [1.82, 2.24) is 10.6 Å². The second-order valence-corrected chi connectivity index (χ2v) is 5.49. The Morgan fingerprint density at radius 3 is 2.61 bits per heavy atom. The molecule has 4 heteroatoms. The zero-order valence-electron chi connectivity index (χ0n) is 12.0. The highest BCUT2D eigenvalue weighted by Gasteiger charge is 2.16. The van der Waals surface area contributed by atoms with E-state index in [1.807, 2.05) is 0 Å². The molecule has 1 amide bonds. The molecular formula is C14H28N2O2. The summed E-state index contributed by atoms with van der Waals surface area (Å²) in [6.07, 6.45) is 4.20. The molecule has 1 aliphatic heterocycles. The second-order valence-electron chi connectivity index (χ2n) is 5.49. The van der Waals surface area contributed by atoms with E-state index in [0.717, 1.165) is 32.5 Å². The molecule has 0 aliphatic carbocycles. The summed E-state index contributed by atoms with van der Waals surface area (Å²) in [6.45, 7) is 8.56. The minimum atomic E-state index is 0.109. The highest BCUT2D eigenvalue weighted by atomic mass is 16.5. The van der Waals surface area contributed by atoms with Crippen LogP contribution in [0.2, 0.25) is 0 Å². The molecule has 0 aromatic rings. The fourth-order valence-electron chi connectivity index (χ4n) is 2.24. The second kappa shape index (κ2) is 8.48. The van der Waals surface area contributed by atoms with E-state index in [1.54, 1.807) is 0 Å². The maximum atomic E-state index is 11.8. The Kier molecular flexibility index (Phi) is 7.28. The molecule has 2 unspecified atom stereocenters. The number of ether oxygens (including phenoxy) is 1. The number of carbonyl (C=O) groups is 1. The van der Waals surface area contributed by atoms with Gasteiger partial charge in [-0.05, 0) is 32.1 Å². The minimum absolute atomic E-state index is 0.109. The number of rotatable bonds is 7. The van der Waals surface area contributed by atoms with Gasteiger partial charge in [-0.3, -0.25) is 4.79 Å². The van der Waals surface area contributed by atoms with Crippen molar-refractivity contribution >= 4 is 5.91 Å². The van der Waals surface area contributed by atoms with Crippen LogP contribution in [-0.2, 0) is 9.53 Å². The molecule has 0 radical (unpaired) electrons. The van der Waals surface area contributed by atoms with Gasteiger partial charge in [-0.25, -0.2) is 0 Å². The van der Waals surface area contributed by atoms with Gasteiger partial charge in [0, 0.05) is 25.3 Å². The van der Waals surface area contributed by atoms with E-state index in [4.69, 9.17) is 4.74 Å². The van der Waals surface area contributed by atoms with Crippen molar-refractivity contribution in [1.29, 1.82) is 0 Å². The van der Waals surface area contributed by atoms with Crippen LogP contribution in [0.25, 0.3) is 0 Å². The van der Waals surface area contributed by atoms with Crippen molar-refractivity contribution in [2.45, 2.75) is 58.5 Å². The average Bonchev–Trinajstić information content (AvgIpc) is 2.37. The van der Waals surface area contributed by atoms with E-state index in [0.29, 0.717) is 24.5 Å². The van der Waals surface area contributed by atoms with Crippen molar-refractivity contribution in [3.8, 4) is 0 Å². The van der Waals surface area contributed by atoms with Gasteiger partial charge in [-0.15, -0.1) is 0 Å². The highest BCUT2D eigenvalue weighted by molar-refractivity contribution is 5.78. The fraction of sp³-hybridized carbons (Fsp3) is 0.929. The molecule has 1 rings (SSSR count). The maximum Gasteiger partial charge on any atom is 0.234 e. The van der Waals surface area contributed by atoms with Gasteiger partial charge in [0.25, 0.3) is 0 Å². The van der Waals surface area contributed by atoms with Gasteiger partial charge in [0.2, 0.25) is 5.91 Å². The molecule has 0 aromatic heterocycles. The van der Waals surface area contributed by atoms with Gasteiger partial charge in [-0.1, -0.05) is 20.3 Å². The molecule has 1 aliphatic rings. The smallest absolute Gasteiger partial charge is 0.234 e. The summed E-state index contributed by atoms with van der Waals surface area (Å²) in [5.74, 6) is 0.823. The van der Waals surface area contributed by atoms with E-state index >= 15 is 0 Å². The number of carbonyl (C=O) groups excluding carboxylic acids is 1. The van der Waals surface area contributed by atoms with Crippen LogP contribution in [-0.4, -0.2) is 37.7 Å². The van der Waals surface area contributed by atoms with Crippen LogP contribution < -0.4 is 10.6 Å². The Labute approximate surface area is 111 Å². The first-order valence-electron chi connectivity index (χ1n) is 7.22. The molecule has 18 heavy (non-hydrogen) atoms. The summed E-state index contributed by atoms with van der Waals surface area (Å²) in [7, 11) is 0. The van der Waals surface area contributed by atoms with E-state index in [-0.39, 0.29) is 5.91 Å². The first-order valence-corrected chi connectivity index (χ1v) is 7.22. The predicted molar refractivity (Wildman–Crippen MR) is 73.5 cm³/mol. The minimum Gasteiger partial charge on any atom is -0.381 e. The Bertz CT molecular complexity index is 240. The molecule has 2 N–H and O–H groups in total. The normalized spacial score (nSPS) is 20.4. The molecular weight excluding hydrogens is 228 g/mol. The monoisotopic (exact) mass is 256 g/mol. The van der Waals surface area contributed by atoms with Crippen molar-refractivity contribution in [3.05, 3.63) is 0 Å². The summed E-state index contributed by atoms with van der Waals surface area (Å²) in [6, 6.07) is 0.707. The lowest BCUT2D eigenvalue weighted by atomic mass is 10.0. The molecule has 0 bridgehead atoms. The van der Waals surface area contributed by atoms with Crippen molar-refractivity contribution < 1.29 is 9.53 Å². The quantitative estimate of drug-likeness (QED) is 0.729. The number of nitrogens with one attached hydrogen (secondary N) is 2. The van der Waals surface area contributed by atoms with E-state index < -0.39 is 0 Å². The third kappa shape index (κ3) is 6.36. The zero-order valence-corrected chi connectivity index (χ0v) is 12.0. The van der Waals surface area contributed by atoms with Crippen LogP contribution in [0.1, 0.15) is 46.5 Å². The van der Waals surface area contributed by atoms with Crippen LogP contribution >= 0.6 is 0 Å². The van der Waals surface area contributed by atoms with Crippen LogP contribution in [0.5, 0.6) is 0 Å². The SMILES string of the molecule is CCC(C)CC(C)NCC(=O)NC1CCOCC1.